The zero-order chi connectivity index (χ0) is 59.8. The Kier molecular flexibility index (Phi) is 36.2. The lowest BCUT2D eigenvalue weighted by molar-refractivity contribution is -0.142. The van der Waals surface area contributed by atoms with E-state index < -0.39 is 35.8 Å². The monoisotopic (exact) mass is 1290 g/mol. The van der Waals surface area contributed by atoms with Crippen LogP contribution in [0.25, 0.3) is 11.1 Å². The molecule has 1 aliphatic rings. The van der Waals surface area contributed by atoms with Gasteiger partial charge in [0.1, 0.15) is 24.3 Å². The fraction of sp³-hybridized carbons (Fsp3) is 0.600. The van der Waals surface area contributed by atoms with E-state index in [1.165, 1.54) is 9.13 Å². The highest BCUT2D eigenvalue weighted by atomic mass is 127. The van der Waals surface area contributed by atoms with Gasteiger partial charge < -0.3 is 79.1 Å². The minimum absolute atomic E-state index is 0.0499. The number of aryl methyl sites for hydroxylation is 1. The molecule has 83 heavy (non-hydrogen) atoms. The third-order valence-electron chi connectivity index (χ3n) is 12.6. The normalized spacial score (nSPS) is 12.6. The molecular weight excluding hydrogens is 1210 g/mol. The first kappa shape index (κ1) is 70.4. The molecule has 0 aliphatic heterocycles. The fourth-order valence-electron chi connectivity index (χ4n) is 8.43. The summed E-state index contributed by atoms with van der Waals surface area (Å²) in [5, 5.41) is 23.7. The van der Waals surface area contributed by atoms with E-state index in [0.717, 1.165) is 46.5 Å². The predicted molar refractivity (Wildman–Crippen MR) is 326 cm³/mol. The second kappa shape index (κ2) is 42.7. The Morgan fingerprint density at radius 3 is 1.52 bits per heavy atom. The second-order valence-corrected chi connectivity index (χ2v) is 22.1. The third kappa shape index (κ3) is 32.1. The van der Waals surface area contributed by atoms with E-state index in [9.17, 15) is 29.1 Å². The summed E-state index contributed by atoms with van der Waals surface area (Å²) < 4.78 is 56.5. The van der Waals surface area contributed by atoms with E-state index in [0.29, 0.717) is 138 Å². The molecule has 4 rings (SSSR count). The molecule has 2 atom stereocenters. The highest BCUT2D eigenvalue weighted by Crippen LogP contribution is 2.44. The van der Waals surface area contributed by atoms with Crippen LogP contribution < -0.4 is 26.6 Å². The number of carbonyl (C=O) groups is 5. The average molecular weight is 1290 g/mol. The van der Waals surface area contributed by atoms with Crippen molar-refractivity contribution in [3.63, 3.8) is 0 Å². The number of halogens is 1. The van der Waals surface area contributed by atoms with E-state index in [1.54, 1.807) is 20.8 Å². The number of hydrogen-bond acceptors (Lipinski definition) is 16. The van der Waals surface area contributed by atoms with Gasteiger partial charge in [0.2, 0.25) is 11.8 Å². The number of amides is 4. The summed E-state index contributed by atoms with van der Waals surface area (Å²) in [5.41, 5.74) is 5.02. The number of unbranched alkanes of at least 4 members (excludes halogenated alkanes) is 2. The van der Waals surface area contributed by atoms with Crippen LogP contribution in [0.5, 0.6) is 0 Å². The van der Waals surface area contributed by atoms with E-state index in [-0.39, 0.29) is 50.5 Å². The van der Waals surface area contributed by atoms with Crippen LogP contribution in [0.4, 0.5) is 9.59 Å². The van der Waals surface area contributed by atoms with Gasteiger partial charge in [-0.15, -0.1) is 0 Å². The molecular formula is C60H88IN5O16S. The Morgan fingerprint density at radius 2 is 1.01 bits per heavy atom. The van der Waals surface area contributed by atoms with Crippen LogP contribution in [-0.2, 0) is 68.2 Å². The Balaban J connectivity index is 0.898. The van der Waals surface area contributed by atoms with Crippen molar-refractivity contribution < 1.29 is 76.4 Å². The highest BCUT2D eigenvalue weighted by molar-refractivity contribution is 14.1. The number of ether oxygens (including phenoxy) is 10. The van der Waals surface area contributed by atoms with Crippen molar-refractivity contribution in [3.8, 4) is 11.1 Å². The van der Waals surface area contributed by atoms with Crippen LogP contribution in [0, 0.1) is 3.57 Å². The molecule has 23 heteroatoms. The van der Waals surface area contributed by atoms with E-state index >= 15 is 0 Å². The predicted octanol–water partition coefficient (Wildman–Crippen LogP) is 7.12. The number of thiocarbonyl (C=S) groups is 1. The lowest BCUT2D eigenvalue weighted by Crippen LogP contribution is -2.47. The van der Waals surface area contributed by atoms with Crippen molar-refractivity contribution in [3.05, 3.63) is 93.1 Å². The van der Waals surface area contributed by atoms with Crippen LogP contribution in [0.15, 0.2) is 72.8 Å². The van der Waals surface area contributed by atoms with E-state index in [4.69, 9.17) is 59.6 Å². The summed E-state index contributed by atoms with van der Waals surface area (Å²) in [7, 11) is 0. The standard InChI is InChI=1S/C60H88IN5O16S/c1-60(2,3)82-58(71)64-26-11-8-16-52(66-59(72)81-44-51-49-14-6-4-12-47(49)48-13-5-7-15-50(48)51)56(68)63-27-29-74-31-33-76-35-37-78-39-41-80-43-42-79-40-38-77-36-34-75-32-30-73-28-24-54(67)65-53(57(69)70)17-9-10-25-62-55(83)23-20-45-18-21-46(61)22-19-45/h4-7,12-15,18-19,21-22,51-53H,8-11,16-17,20,23-44H2,1-3H3,(H,62,83)(H,63,68)(H,64,71)(H,65,67)(H,66,72)(H,69,70)/t52-,53-/m0/s1. The number of hydrogen-bond donors (Lipinski definition) is 6. The van der Waals surface area contributed by atoms with Gasteiger partial charge in [0.05, 0.1) is 111 Å². The fourth-order valence-corrected chi connectivity index (χ4v) is 8.99. The lowest BCUT2D eigenvalue weighted by atomic mass is 9.98. The third-order valence-corrected chi connectivity index (χ3v) is 13.7. The van der Waals surface area contributed by atoms with Crippen LogP contribution in [0.3, 0.4) is 0 Å². The van der Waals surface area contributed by atoms with Crippen LogP contribution >= 0.6 is 34.8 Å². The number of carbonyl (C=O) groups excluding carboxylic acids is 4. The highest BCUT2D eigenvalue weighted by Gasteiger charge is 2.30. The van der Waals surface area contributed by atoms with Crippen molar-refractivity contribution in [2.45, 2.75) is 102 Å². The molecule has 0 fully saturated rings. The lowest BCUT2D eigenvalue weighted by Gasteiger charge is -2.21. The van der Waals surface area contributed by atoms with Gasteiger partial charge in [-0.1, -0.05) is 72.9 Å². The molecule has 0 radical (unpaired) electrons. The maximum Gasteiger partial charge on any atom is 0.407 e. The molecule has 3 aromatic carbocycles. The number of carboxylic acids is 1. The molecule has 0 unspecified atom stereocenters. The Bertz CT molecular complexity index is 2300. The number of aliphatic carboxylic acids is 1. The summed E-state index contributed by atoms with van der Waals surface area (Å²) in [4.78, 5) is 63.3. The van der Waals surface area contributed by atoms with Gasteiger partial charge in [0.25, 0.3) is 0 Å². The zero-order valence-corrected chi connectivity index (χ0v) is 51.5. The molecule has 0 saturated carbocycles. The van der Waals surface area contributed by atoms with Crippen molar-refractivity contribution in [2.24, 2.45) is 0 Å². The van der Waals surface area contributed by atoms with E-state index in [2.05, 4.69) is 85.6 Å². The SMILES string of the molecule is CC(C)(C)OC(=O)NCCCC[C@H](NC(=O)OCC1c2ccccc2-c2ccccc21)C(=O)NCCOCCOCCOCCOCCOCCOCCOCCOCCC(=O)N[C@@H](CCCCNC(=S)CCc1ccc(I)cc1)C(=O)O. The van der Waals surface area contributed by atoms with Gasteiger partial charge in [-0.25, -0.2) is 14.4 Å². The molecule has 4 amide bonds. The summed E-state index contributed by atoms with van der Waals surface area (Å²) in [6.45, 7) is 12.4. The molecule has 3 aromatic rings. The maximum absolute atomic E-state index is 13.3. The first-order valence-corrected chi connectivity index (χ1v) is 30.2. The van der Waals surface area contributed by atoms with Gasteiger partial charge in [0.15, 0.2) is 0 Å². The van der Waals surface area contributed by atoms with Gasteiger partial charge in [-0.2, -0.15) is 0 Å². The summed E-state index contributed by atoms with van der Waals surface area (Å²) in [5.74, 6) is -1.93. The zero-order valence-electron chi connectivity index (χ0n) is 48.5. The molecule has 6 N–H and O–H groups in total. The molecule has 0 saturated heterocycles. The number of rotatable bonds is 46. The topological polar surface area (TPSA) is 258 Å². The minimum atomic E-state index is -1.06. The number of alkyl carbamates (subject to hydrolysis) is 2. The largest absolute Gasteiger partial charge is 0.480 e. The first-order valence-electron chi connectivity index (χ1n) is 28.7. The molecule has 462 valence electrons. The van der Waals surface area contributed by atoms with E-state index in [1.807, 2.05) is 36.4 Å². The summed E-state index contributed by atoms with van der Waals surface area (Å²) in [6, 6.07) is 22.7. The number of nitrogens with one attached hydrogen (secondary N) is 5. The Hall–Kier alpha value is -5.09. The smallest absolute Gasteiger partial charge is 0.407 e. The number of fused-ring (bicyclic) bond motifs is 3. The maximum atomic E-state index is 13.3. The second-order valence-electron chi connectivity index (χ2n) is 20.3. The van der Waals surface area contributed by atoms with Crippen molar-refractivity contribution in [1.82, 2.24) is 26.6 Å². The Labute approximate surface area is 508 Å². The van der Waals surface area contributed by atoms with Crippen LogP contribution in [0.2, 0.25) is 0 Å². The van der Waals surface area contributed by atoms with Gasteiger partial charge >= 0.3 is 18.2 Å². The minimum Gasteiger partial charge on any atom is -0.480 e. The van der Waals surface area contributed by atoms with Crippen LogP contribution in [-0.4, -0.2) is 190 Å². The van der Waals surface area contributed by atoms with Gasteiger partial charge in [-0.3, -0.25) is 9.59 Å². The van der Waals surface area contributed by atoms with Gasteiger partial charge in [-0.05, 0) is 128 Å². The molecule has 0 bridgehead atoms. The molecule has 21 nitrogen and oxygen atoms in total. The summed E-state index contributed by atoms with van der Waals surface area (Å²) in [6.07, 6.45) is 3.58. The number of carboxylic acid groups (broad SMARTS) is 1. The van der Waals surface area contributed by atoms with Crippen molar-refractivity contribution in [1.29, 1.82) is 0 Å². The molecule has 0 aromatic heterocycles. The van der Waals surface area contributed by atoms with Gasteiger partial charge in [0, 0.05) is 42.0 Å². The number of benzene rings is 3. The first-order chi connectivity index (χ1) is 40.2. The van der Waals surface area contributed by atoms with Crippen molar-refractivity contribution >= 4 is 69.8 Å². The molecule has 0 spiro atoms. The van der Waals surface area contributed by atoms with Crippen molar-refractivity contribution in [2.75, 3.05) is 132 Å². The average Bonchev–Trinajstić information content (AvgIpc) is 3.44. The summed E-state index contributed by atoms with van der Waals surface area (Å²) >= 11 is 7.71. The van der Waals surface area contributed by atoms with Crippen LogP contribution in [0.1, 0.15) is 94.7 Å². The quantitative estimate of drug-likeness (QED) is 0.0187. The molecule has 1 aliphatic carbocycles. The Morgan fingerprint density at radius 1 is 0.542 bits per heavy atom. The molecule has 0 heterocycles.